The number of halogens is 2. The van der Waals surface area contributed by atoms with Gasteiger partial charge in [-0.2, -0.15) is 0 Å². The molecule has 0 saturated carbocycles. The Morgan fingerprint density at radius 3 is 2.47 bits per heavy atom. The highest BCUT2D eigenvalue weighted by atomic mass is 35.5. The van der Waals surface area contributed by atoms with Gasteiger partial charge in [0.15, 0.2) is 11.5 Å². The molecule has 0 bridgehead atoms. The molecular formula is C27H22Cl2N2O5. The van der Waals surface area contributed by atoms with Crippen LogP contribution in [0.15, 0.2) is 66.2 Å². The quantitative estimate of drug-likeness (QED) is 0.305. The van der Waals surface area contributed by atoms with Crippen LogP contribution in [0.1, 0.15) is 23.6 Å². The minimum Gasteiger partial charge on any atom is -0.490 e. The number of aryl methyl sites for hydroxylation is 1. The second-order valence-electron chi connectivity index (χ2n) is 7.95. The van der Waals surface area contributed by atoms with Crippen LogP contribution in [-0.4, -0.2) is 24.5 Å². The van der Waals surface area contributed by atoms with E-state index in [0.29, 0.717) is 33.7 Å². The maximum absolute atomic E-state index is 13.2. The van der Waals surface area contributed by atoms with Crippen molar-refractivity contribution >= 4 is 52.8 Å². The molecule has 1 N–H and O–H groups in total. The summed E-state index contributed by atoms with van der Waals surface area (Å²) in [5, 5.41) is 3.21. The summed E-state index contributed by atoms with van der Waals surface area (Å²) in [5.41, 5.74) is 2.25. The lowest BCUT2D eigenvalue weighted by molar-refractivity contribution is -0.122. The molecular weight excluding hydrogens is 503 g/mol. The first-order chi connectivity index (χ1) is 17.3. The van der Waals surface area contributed by atoms with E-state index in [2.05, 4.69) is 5.32 Å². The zero-order chi connectivity index (χ0) is 25.8. The third kappa shape index (κ3) is 5.53. The van der Waals surface area contributed by atoms with Crippen molar-refractivity contribution in [3.8, 4) is 11.5 Å². The number of rotatable bonds is 7. The SMILES string of the molecule is CCOc1cc(/C=C2\C(=O)NC(=O)N(c3ccc(C)c(Cl)c3)C2=O)ccc1OCc1cccc(Cl)c1. The predicted octanol–water partition coefficient (Wildman–Crippen LogP) is 5.95. The number of ether oxygens (including phenoxy) is 2. The minimum absolute atomic E-state index is 0.207. The van der Waals surface area contributed by atoms with Crippen LogP contribution in [0.4, 0.5) is 10.5 Å². The third-order valence-corrected chi connectivity index (χ3v) is 6.02. The van der Waals surface area contributed by atoms with Gasteiger partial charge in [-0.05, 0) is 73.0 Å². The number of barbiturate groups is 1. The van der Waals surface area contributed by atoms with Crippen molar-refractivity contribution in [1.82, 2.24) is 5.32 Å². The van der Waals surface area contributed by atoms with Crippen molar-refractivity contribution in [2.24, 2.45) is 0 Å². The van der Waals surface area contributed by atoms with Crippen LogP contribution in [0.5, 0.6) is 11.5 Å². The Morgan fingerprint density at radius 2 is 1.75 bits per heavy atom. The number of amides is 4. The zero-order valence-electron chi connectivity index (χ0n) is 19.5. The van der Waals surface area contributed by atoms with E-state index in [1.54, 1.807) is 43.3 Å². The average molecular weight is 525 g/mol. The lowest BCUT2D eigenvalue weighted by atomic mass is 10.1. The summed E-state index contributed by atoms with van der Waals surface area (Å²) < 4.78 is 11.6. The molecule has 0 spiro atoms. The van der Waals surface area contributed by atoms with Crippen molar-refractivity contribution in [2.45, 2.75) is 20.5 Å². The summed E-state index contributed by atoms with van der Waals surface area (Å²) in [6.45, 7) is 4.29. The fourth-order valence-corrected chi connectivity index (χ4v) is 3.96. The number of nitrogens with one attached hydrogen (secondary N) is 1. The topological polar surface area (TPSA) is 84.9 Å². The molecule has 1 fully saturated rings. The lowest BCUT2D eigenvalue weighted by Crippen LogP contribution is -2.54. The van der Waals surface area contributed by atoms with Crippen LogP contribution in [0.2, 0.25) is 10.0 Å². The van der Waals surface area contributed by atoms with Gasteiger partial charge in [0.1, 0.15) is 12.2 Å². The fourth-order valence-electron chi connectivity index (χ4n) is 3.57. The number of carbonyl (C=O) groups is 3. The number of anilines is 1. The van der Waals surface area contributed by atoms with Crippen LogP contribution in [-0.2, 0) is 16.2 Å². The number of imide groups is 2. The maximum Gasteiger partial charge on any atom is 0.335 e. The van der Waals surface area contributed by atoms with Gasteiger partial charge >= 0.3 is 6.03 Å². The van der Waals surface area contributed by atoms with Crippen molar-refractivity contribution in [2.75, 3.05) is 11.5 Å². The van der Waals surface area contributed by atoms with E-state index in [9.17, 15) is 14.4 Å². The molecule has 1 aliphatic rings. The average Bonchev–Trinajstić information content (AvgIpc) is 2.83. The molecule has 3 aromatic carbocycles. The van der Waals surface area contributed by atoms with Crippen LogP contribution >= 0.6 is 23.2 Å². The number of hydrogen-bond donors (Lipinski definition) is 1. The van der Waals surface area contributed by atoms with Gasteiger partial charge in [-0.3, -0.25) is 14.9 Å². The van der Waals surface area contributed by atoms with E-state index in [1.807, 2.05) is 25.1 Å². The van der Waals surface area contributed by atoms with Gasteiger partial charge in [-0.1, -0.05) is 47.5 Å². The van der Waals surface area contributed by atoms with Gasteiger partial charge < -0.3 is 9.47 Å². The van der Waals surface area contributed by atoms with E-state index in [1.165, 1.54) is 12.1 Å². The second kappa shape index (κ2) is 10.8. The van der Waals surface area contributed by atoms with Crippen molar-refractivity contribution in [1.29, 1.82) is 0 Å². The summed E-state index contributed by atoms with van der Waals surface area (Å²) in [5.74, 6) is -0.623. The number of hydrogen-bond acceptors (Lipinski definition) is 5. The number of urea groups is 1. The lowest BCUT2D eigenvalue weighted by Gasteiger charge is -2.26. The molecule has 4 rings (SSSR count). The fraction of sp³-hybridized carbons (Fsp3) is 0.148. The summed E-state index contributed by atoms with van der Waals surface area (Å²) in [7, 11) is 0. The van der Waals surface area contributed by atoms with Crippen LogP contribution < -0.4 is 19.7 Å². The highest BCUT2D eigenvalue weighted by Gasteiger charge is 2.37. The Kier molecular flexibility index (Phi) is 7.62. The van der Waals surface area contributed by atoms with Crippen molar-refractivity contribution in [3.05, 3.63) is 93.0 Å². The van der Waals surface area contributed by atoms with E-state index in [4.69, 9.17) is 32.7 Å². The summed E-state index contributed by atoms with van der Waals surface area (Å²) >= 11 is 12.2. The normalized spacial score (nSPS) is 14.7. The molecule has 1 aliphatic heterocycles. The molecule has 0 atom stereocenters. The Hall–Kier alpha value is -3.81. The smallest absolute Gasteiger partial charge is 0.335 e. The first-order valence-corrected chi connectivity index (χ1v) is 11.8. The molecule has 0 aromatic heterocycles. The Balaban J connectivity index is 1.62. The van der Waals surface area contributed by atoms with Gasteiger partial charge in [-0.25, -0.2) is 9.69 Å². The molecule has 1 saturated heterocycles. The monoisotopic (exact) mass is 524 g/mol. The Bertz CT molecular complexity index is 1390. The summed E-state index contributed by atoms with van der Waals surface area (Å²) in [6, 6.07) is 16.3. The molecule has 7 nitrogen and oxygen atoms in total. The van der Waals surface area contributed by atoms with Crippen LogP contribution in [0.3, 0.4) is 0 Å². The molecule has 0 radical (unpaired) electrons. The molecule has 0 unspecified atom stereocenters. The standard InChI is InChI=1S/C27H22Cl2N2O5/c1-3-35-24-13-17(8-10-23(24)36-15-18-5-4-6-19(28)11-18)12-21-25(32)30-27(34)31(26(21)33)20-9-7-16(2)22(29)14-20/h4-14H,3,15H2,1-2H3,(H,30,32,34)/b21-12+. The minimum atomic E-state index is -0.846. The van der Waals surface area contributed by atoms with Crippen LogP contribution in [0.25, 0.3) is 6.08 Å². The van der Waals surface area contributed by atoms with Gasteiger partial charge in [-0.15, -0.1) is 0 Å². The molecule has 0 aliphatic carbocycles. The van der Waals surface area contributed by atoms with Gasteiger partial charge in [0.05, 0.1) is 12.3 Å². The maximum atomic E-state index is 13.2. The Labute approximate surface area is 218 Å². The highest BCUT2D eigenvalue weighted by molar-refractivity contribution is 6.39. The van der Waals surface area contributed by atoms with Crippen molar-refractivity contribution < 1.29 is 23.9 Å². The first kappa shape index (κ1) is 25.3. The Morgan fingerprint density at radius 1 is 0.944 bits per heavy atom. The number of nitrogens with zero attached hydrogens (tertiary/aromatic N) is 1. The summed E-state index contributed by atoms with van der Waals surface area (Å²) in [6.07, 6.45) is 1.40. The molecule has 1 heterocycles. The highest BCUT2D eigenvalue weighted by Crippen LogP contribution is 2.31. The van der Waals surface area contributed by atoms with E-state index < -0.39 is 17.8 Å². The van der Waals surface area contributed by atoms with E-state index >= 15 is 0 Å². The second-order valence-corrected chi connectivity index (χ2v) is 8.79. The molecule has 184 valence electrons. The largest absolute Gasteiger partial charge is 0.490 e. The van der Waals surface area contributed by atoms with Crippen molar-refractivity contribution in [3.63, 3.8) is 0 Å². The molecule has 3 aromatic rings. The van der Waals surface area contributed by atoms with E-state index in [0.717, 1.165) is 16.0 Å². The number of benzene rings is 3. The van der Waals surface area contributed by atoms with Crippen LogP contribution in [0, 0.1) is 6.92 Å². The van der Waals surface area contributed by atoms with E-state index in [-0.39, 0.29) is 17.9 Å². The summed E-state index contributed by atoms with van der Waals surface area (Å²) in [4.78, 5) is 39.1. The third-order valence-electron chi connectivity index (χ3n) is 5.38. The molecule has 36 heavy (non-hydrogen) atoms. The molecule has 4 amide bonds. The zero-order valence-corrected chi connectivity index (χ0v) is 21.0. The van der Waals surface area contributed by atoms with Gasteiger partial charge in [0.25, 0.3) is 11.8 Å². The van der Waals surface area contributed by atoms with Gasteiger partial charge in [0.2, 0.25) is 0 Å². The molecule has 9 heteroatoms. The number of carbonyl (C=O) groups excluding carboxylic acids is 3. The first-order valence-electron chi connectivity index (χ1n) is 11.1. The van der Waals surface area contributed by atoms with Gasteiger partial charge in [0, 0.05) is 10.0 Å². The predicted molar refractivity (Wildman–Crippen MR) is 139 cm³/mol.